The van der Waals surface area contributed by atoms with Gasteiger partial charge in [0.1, 0.15) is 12.4 Å². The zero-order chi connectivity index (χ0) is 13.7. The van der Waals surface area contributed by atoms with Gasteiger partial charge in [0.05, 0.1) is 12.8 Å². The Morgan fingerprint density at radius 1 is 1.32 bits per heavy atom. The fraction of sp³-hybridized carbons (Fsp3) is 0.231. The van der Waals surface area contributed by atoms with Gasteiger partial charge >= 0.3 is 0 Å². The van der Waals surface area contributed by atoms with Crippen molar-refractivity contribution in [2.75, 3.05) is 26.1 Å². The summed E-state index contributed by atoms with van der Waals surface area (Å²) in [5.41, 5.74) is 1.80. The highest BCUT2D eigenvalue weighted by Crippen LogP contribution is 2.26. The van der Waals surface area contributed by atoms with Crippen LogP contribution in [0, 0.1) is 0 Å². The summed E-state index contributed by atoms with van der Waals surface area (Å²) in [5.74, 6) is 0.589. The number of anilines is 1. The second-order valence-electron chi connectivity index (χ2n) is 3.75. The van der Waals surface area contributed by atoms with E-state index in [1.165, 1.54) is 18.4 Å². The third-order valence-corrected chi connectivity index (χ3v) is 3.17. The van der Waals surface area contributed by atoms with Crippen molar-refractivity contribution < 1.29 is 14.3 Å². The van der Waals surface area contributed by atoms with E-state index in [0.29, 0.717) is 5.13 Å². The van der Waals surface area contributed by atoms with Gasteiger partial charge in [0.2, 0.25) is 0 Å². The second-order valence-corrected chi connectivity index (χ2v) is 4.61. The van der Waals surface area contributed by atoms with E-state index in [1.54, 1.807) is 7.11 Å². The molecule has 5 nitrogen and oxygen atoms in total. The Kier molecular flexibility index (Phi) is 4.48. The van der Waals surface area contributed by atoms with Crippen LogP contribution >= 0.6 is 11.3 Å². The van der Waals surface area contributed by atoms with Crippen LogP contribution < -0.4 is 10.1 Å². The number of amides is 1. The van der Waals surface area contributed by atoms with Crippen LogP contribution in [0.4, 0.5) is 5.13 Å². The summed E-state index contributed by atoms with van der Waals surface area (Å²) in [6, 6.07) is 7.60. The normalized spacial score (nSPS) is 10.2. The van der Waals surface area contributed by atoms with Crippen LogP contribution in [-0.4, -0.2) is 31.7 Å². The van der Waals surface area contributed by atoms with Gasteiger partial charge in [0.15, 0.2) is 5.13 Å². The maximum Gasteiger partial charge on any atom is 0.252 e. The first kappa shape index (κ1) is 13.5. The molecule has 6 heteroatoms. The monoisotopic (exact) mass is 278 g/mol. The molecule has 0 aliphatic heterocycles. The van der Waals surface area contributed by atoms with Crippen molar-refractivity contribution in [2.45, 2.75) is 0 Å². The average Bonchev–Trinajstić information content (AvgIpc) is 2.87. The molecule has 0 spiro atoms. The number of aromatic nitrogens is 1. The summed E-state index contributed by atoms with van der Waals surface area (Å²) in [6.45, 7) is 0.0252. The molecule has 1 N–H and O–H groups in total. The highest BCUT2D eigenvalue weighted by atomic mass is 32.1. The van der Waals surface area contributed by atoms with Gasteiger partial charge in [-0.3, -0.25) is 10.1 Å². The zero-order valence-electron chi connectivity index (χ0n) is 10.7. The molecule has 0 aliphatic rings. The number of nitrogens with one attached hydrogen (secondary N) is 1. The molecule has 100 valence electrons. The molecule has 2 aromatic rings. The lowest BCUT2D eigenvalue weighted by atomic mass is 10.2. The fourth-order valence-electron chi connectivity index (χ4n) is 1.51. The SMILES string of the molecule is COCC(=O)Nc1nc(-c2ccc(OC)cc2)cs1. The summed E-state index contributed by atoms with van der Waals surface area (Å²) >= 11 is 1.38. The molecule has 0 aliphatic carbocycles. The van der Waals surface area contributed by atoms with Gasteiger partial charge in [0, 0.05) is 18.1 Å². The molecular weight excluding hydrogens is 264 g/mol. The van der Waals surface area contributed by atoms with E-state index in [2.05, 4.69) is 10.3 Å². The van der Waals surface area contributed by atoms with Crippen LogP contribution in [-0.2, 0) is 9.53 Å². The van der Waals surface area contributed by atoms with Crippen LogP contribution in [0.25, 0.3) is 11.3 Å². The number of benzene rings is 1. The van der Waals surface area contributed by atoms with Crippen molar-refractivity contribution in [3.8, 4) is 17.0 Å². The third-order valence-electron chi connectivity index (χ3n) is 2.41. The standard InChI is InChI=1S/C13H14N2O3S/c1-17-7-12(16)15-13-14-11(8-19-13)9-3-5-10(18-2)6-4-9/h3-6,8H,7H2,1-2H3,(H,14,15,16). The van der Waals surface area contributed by atoms with Crippen LogP contribution in [0.5, 0.6) is 5.75 Å². The first-order chi connectivity index (χ1) is 9.22. The van der Waals surface area contributed by atoms with Gasteiger partial charge in [-0.25, -0.2) is 4.98 Å². The second kappa shape index (κ2) is 6.31. The Hall–Kier alpha value is -1.92. The largest absolute Gasteiger partial charge is 0.497 e. The predicted molar refractivity (Wildman–Crippen MR) is 74.6 cm³/mol. The third kappa shape index (κ3) is 3.52. The Bertz CT molecular complexity index is 551. The summed E-state index contributed by atoms with van der Waals surface area (Å²) in [4.78, 5) is 15.7. The highest BCUT2D eigenvalue weighted by molar-refractivity contribution is 7.14. The number of rotatable bonds is 5. The molecule has 0 radical (unpaired) electrons. The molecule has 1 heterocycles. The molecule has 1 aromatic heterocycles. The summed E-state index contributed by atoms with van der Waals surface area (Å²) < 4.78 is 9.84. The van der Waals surface area contributed by atoms with E-state index in [1.807, 2.05) is 29.6 Å². The van der Waals surface area contributed by atoms with Gasteiger partial charge in [-0.1, -0.05) is 0 Å². The quantitative estimate of drug-likeness (QED) is 0.912. The maximum absolute atomic E-state index is 11.4. The summed E-state index contributed by atoms with van der Waals surface area (Å²) in [7, 11) is 3.10. The molecule has 0 unspecified atom stereocenters. The molecule has 0 bridgehead atoms. The Balaban J connectivity index is 2.09. The van der Waals surface area contributed by atoms with E-state index in [4.69, 9.17) is 9.47 Å². The number of thiazole rings is 1. The number of hydrogen-bond acceptors (Lipinski definition) is 5. The lowest BCUT2D eigenvalue weighted by Crippen LogP contribution is -2.16. The van der Waals surface area contributed by atoms with Gasteiger partial charge in [-0.15, -0.1) is 11.3 Å². The molecule has 2 rings (SSSR count). The Labute approximate surface area is 115 Å². The summed E-state index contributed by atoms with van der Waals surface area (Å²) in [6.07, 6.45) is 0. The molecule has 0 saturated heterocycles. The molecular formula is C13H14N2O3S. The minimum absolute atomic E-state index is 0.0252. The van der Waals surface area contributed by atoms with Crippen molar-refractivity contribution in [3.05, 3.63) is 29.6 Å². The van der Waals surface area contributed by atoms with E-state index in [-0.39, 0.29) is 12.5 Å². The number of carbonyl (C=O) groups is 1. The van der Waals surface area contributed by atoms with Gasteiger partial charge in [-0.2, -0.15) is 0 Å². The lowest BCUT2D eigenvalue weighted by Gasteiger charge is -2.01. The first-order valence-electron chi connectivity index (χ1n) is 5.61. The van der Waals surface area contributed by atoms with Gasteiger partial charge in [-0.05, 0) is 24.3 Å². The van der Waals surface area contributed by atoms with E-state index in [0.717, 1.165) is 17.0 Å². The molecule has 0 saturated carbocycles. The van der Waals surface area contributed by atoms with Crippen molar-refractivity contribution in [2.24, 2.45) is 0 Å². The van der Waals surface area contributed by atoms with E-state index >= 15 is 0 Å². The Morgan fingerprint density at radius 2 is 2.05 bits per heavy atom. The number of ether oxygens (including phenoxy) is 2. The van der Waals surface area contributed by atoms with Crippen LogP contribution in [0.1, 0.15) is 0 Å². The smallest absolute Gasteiger partial charge is 0.252 e. The average molecular weight is 278 g/mol. The fourth-order valence-corrected chi connectivity index (χ4v) is 2.25. The Morgan fingerprint density at radius 3 is 2.68 bits per heavy atom. The topological polar surface area (TPSA) is 60.5 Å². The predicted octanol–water partition coefficient (Wildman–Crippen LogP) is 2.40. The van der Waals surface area contributed by atoms with E-state index < -0.39 is 0 Å². The molecule has 1 amide bonds. The van der Waals surface area contributed by atoms with Crippen molar-refractivity contribution in [3.63, 3.8) is 0 Å². The minimum atomic E-state index is -0.210. The number of carbonyl (C=O) groups excluding carboxylic acids is 1. The zero-order valence-corrected chi connectivity index (χ0v) is 11.5. The molecule has 0 fully saturated rings. The number of methoxy groups -OCH3 is 2. The maximum atomic E-state index is 11.4. The summed E-state index contributed by atoms with van der Waals surface area (Å²) in [5, 5.41) is 5.13. The number of nitrogens with zero attached hydrogens (tertiary/aromatic N) is 1. The molecule has 19 heavy (non-hydrogen) atoms. The van der Waals surface area contributed by atoms with Gasteiger partial charge < -0.3 is 9.47 Å². The van der Waals surface area contributed by atoms with Crippen molar-refractivity contribution >= 4 is 22.4 Å². The highest BCUT2D eigenvalue weighted by Gasteiger charge is 2.07. The van der Waals surface area contributed by atoms with Crippen LogP contribution in [0.3, 0.4) is 0 Å². The van der Waals surface area contributed by atoms with Crippen LogP contribution in [0.2, 0.25) is 0 Å². The first-order valence-corrected chi connectivity index (χ1v) is 6.49. The van der Waals surface area contributed by atoms with Gasteiger partial charge in [0.25, 0.3) is 5.91 Å². The lowest BCUT2D eigenvalue weighted by molar-refractivity contribution is -0.119. The van der Waals surface area contributed by atoms with Crippen molar-refractivity contribution in [1.29, 1.82) is 0 Å². The molecule has 1 aromatic carbocycles. The van der Waals surface area contributed by atoms with Crippen LogP contribution in [0.15, 0.2) is 29.6 Å². The number of hydrogen-bond donors (Lipinski definition) is 1. The van der Waals surface area contributed by atoms with Crippen molar-refractivity contribution in [1.82, 2.24) is 4.98 Å². The minimum Gasteiger partial charge on any atom is -0.497 e. The molecule has 0 atom stereocenters. The van der Waals surface area contributed by atoms with E-state index in [9.17, 15) is 4.79 Å².